The molecule has 1 nitrogen and oxygen atoms in total. The third-order valence-electron chi connectivity index (χ3n) is 2.76. The fraction of sp³-hybridized carbons (Fsp3) is 0.214. The van der Waals surface area contributed by atoms with Crippen molar-refractivity contribution >= 4 is 30.9 Å². The van der Waals surface area contributed by atoms with Gasteiger partial charge in [0.1, 0.15) is 0 Å². The van der Waals surface area contributed by atoms with Crippen LogP contribution in [0.25, 0.3) is 10.4 Å². The van der Waals surface area contributed by atoms with Crippen LogP contribution in [-0.4, -0.2) is 14.4 Å². The van der Waals surface area contributed by atoms with Gasteiger partial charge in [0.05, 0.1) is 13.0 Å². The quantitative estimate of drug-likeness (QED) is 0.606. The third-order valence-corrected chi connectivity index (χ3v) is 5.86. The third kappa shape index (κ3) is 2.73. The molecule has 1 heterocycles. The van der Waals surface area contributed by atoms with Crippen LogP contribution in [0.3, 0.4) is 0 Å². The smallest absolute Gasteiger partial charge is 0.160 e. The summed E-state index contributed by atoms with van der Waals surface area (Å²) in [6, 6.07) is 12.6. The number of carbonyl (C=O) groups is 1. The molecular weight excluding hydrogens is 244 g/mol. The van der Waals surface area contributed by atoms with Crippen LogP contribution in [0.5, 0.6) is 0 Å². The minimum Gasteiger partial charge on any atom is -0.297 e. The first-order valence-corrected chi connectivity index (χ1v) is 9.98. The number of carbonyl (C=O) groups excluding carboxylic acids is 1. The molecule has 1 aromatic heterocycles. The SMILES string of the molecule is C[Si](C)(C)c1cccc(-c2ccc(C=O)s2)c1. The van der Waals surface area contributed by atoms with E-state index in [0.717, 1.165) is 11.2 Å². The van der Waals surface area contributed by atoms with Crippen molar-refractivity contribution in [3.05, 3.63) is 41.3 Å². The second-order valence-electron chi connectivity index (χ2n) is 5.15. The molecule has 0 radical (unpaired) electrons. The fourth-order valence-corrected chi connectivity index (χ4v) is 3.71. The first kappa shape index (κ1) is 12.3. The number of rotatable bonds is 3. The highest BCUT2D eigenvalue weighted by Crippen LogP contribution is 2.26. The largest absolute Gasteiger partial charge is 0.297 e. The van der Waals surface area contributed by atoms with E-state index in [2.05, 4.69) is 43.9 Å². The average Bonchev–Trinajstić information content (AvgIpc) is 2.76. The lowest BCUT2D eigenvalue weighted by Crippen LogP contribution is -2.37. The van der Waals surface area contributed by atoms with Crippen molar-refractivity contribution in [2.24, 2.45) is 0 Å². The molecule has 0 bridgehead atoms. The zero-order valence-electron chi connectivity index (χ0n) is 10.4. The lowest BCUT2D eigenvalue weighted by atomic mass is 10.2. The van der Waals surface area contributed by atoms with Crippen LogP contribution < -0.4 is 5.19 Å². The Morgan fingerprint density at radius 2 is 1.88 bits per heavy atom. The van der Waals surface area contributed by atoms with Crippen LogP contribution in [0, 0.1) is 0 Å². The summed E-state index contributed by atoms with van der Waals surface area (Å²) < 4.78 is 0. The molecule has 0 fully saturated rings. The van der Waals surface area contributed by atoms with E-state index in [4.69, 9.17) is 0 Å². The maximum atomic E-state index is 10.7. The lowest BCUT2D eigenvalue weighted by Gasteiger charge is -2.17. The highest BCUT2D eigenvalue weighted by Gasteiger charge is 2.16. The van der Waals surface area contributed by atoms with Crippen molar-refractivity contribution in [3.8, 4) is 10.4 Å². The second kappa shape index (κ2) is 4.59. The Morgan fingerprint density at radius 3 is 2.47 bits per heavy atom. The maximum Gasteiger partial charge on any atom is 0.160 e. The van der Waals surface area contributed by atoms with Gasteiger partial charge >= 0.3 is 0 Å². The van der Waals surface area contributed by atoms with Crippen molar-refractivity contribution in [1.82, 2.24) is 0 Å². The highest BCUT2D eigenvalue weighted by molar-refractivity contribution is 7.17. The van der Waals surface area contributed by atoms with E-state index in [9.17, 15) is 4.79 Å². The average molecular weight is 260 g/mol. The van der Waals surface area contributed by atoms with Gasteiger partial charge in [0.2, 0.25) is 0 Å². The topological polar surface area (TPSA) is 17.1 Å². The monoisotopic (exact) mass is 260 g/mol. The van der Waals surface area contributed by atoms with Crippen LogP contribution >= 0.6 is 11.3 Å². The molecule has 88 valence electrons. The number of benzene rings is 1. The van der Waals surface area contributed by atoms with Crippen molar-refractivity contribution in [1.29, 1.82) is 0 Å². The van der Waals surface area contributed by atoms with Gasteiger partial charge in [-0.2, -0.15) is 0 Å². The van der Waals surface area contributed by atoms with E-state index in [0.29, 0.717) is 0 Å². The van der Waals surface area contributed by atoms with Gasteiger partial charge in [0.25, 0.3) is 0 Å². The van der Waals surface area contributed by atoms with E-state index in [1.165, 1.54) is 15.6 Å². The summed E-state index contributed by atoms with van der Waals surface area (Å²) in [5.74, 6) is 0. The number of hydrogen-bond acceptors (Lipinski definition) is 2. The first-order valence-electron chi connectivity index (χ1n) is 5.66. The fourth-order valence-electron chi connectivity index (χ4n) is 1.71. The summed E-state index contributed by atoms with van der Waals surface area (Å²) in [6.07, 6.45) is 0.913. The van der Waals surface area contributed by atoms with E-state index in [1.807, 2.05) is 12.1 Å². The maximum absolute atomic E-state index is 10.7. The molecule has 1 aromatic carbocycles. The summed E-state index contributed by atoms with van der Waals surface area (Å²) in [4.78, 5) is 12.7. The standard InChI is InChI=1S/C14H16OSSi/c1-17(2,3)13-6-4-5-11(9-13)14-8-7-12(10-15)16-14/h4-10H,1-3H3. The Hall–Kier alpha value is -1.19. The minimum absolute atomic E-state index is 0.790. The Morgan fingerprint density at radius 1 is 1.12 bits per heavy atom. The molecule has 17 heavy (non-hydrogen) atoms. The molecule has 0 aliphatic heterocycles. The molecule has 2 rings (SSSR count). The zero-order valence-corrected chi connectivity index (χ0v) is 12.2. The minimum atomic E-state index is -1.26. The van der Waals surface area contributed by atoms with E-state index >= 15 is 0 Å². The summed E-state index contributed by atoms with van der Waals surface area (Å²) in [5, 5.41) is 1.45. The molecule has 0 aliphatic carbocycles. The van der Waals surface area contributed by atoms with Crippen molar-refractivity contribution in [3.63, 3.8) is 0 Å². The highest BCUT2D eigenvalue weighted by atomic mass is 32.1. The van der Waals surface area contributed by atoms with Gasteiger partial charge in [-0.15, -0.1) is 11.3 Å². The molecule has 2 aromatic rings. The zero-order chi connectivity index (χ0) is 12.5. The normalized spacial score (nSPS) is 11.5. The van der Waals surface area contributed by atoms with Gasteiger partial charge in [-0.1, -0.05) is 49.1 Å². The van der Waals surface area contributed by atoms with Gasteiger partial charge in [0.15, 0.2) is 6.29 Å². The molecule has 0 saturated carbocycles. The van der Waals surface area contributed by atoms with E-state index < -0.39 is 8.07 Å². The summed E-state index contributed by atoms with van der Waals surface area (Å²) in [5.41, 5.74) is 1.23. The second-order valence-corrected chi connectivity index (χ2v) is 11.3. The Balaban J connectivity index is 2.42. The van der Waals surface area contributed by atoms with Gasteiger partial charge in [0, 0.05) is 4.88 Å². The Labute approximate surface area is 107 Å². The van der Waals surface area contributed by atoms with Crippen LogP contribution in [0.1, 0.15) is 9.67 Å². The lowest BCUT2D eigenvalue weighted by molar-refractivity contribution is 0.112. The van der Waals surface area contributed by atoms with Crippen molar-refractivity contribution in [2.45, 2.75) is 19.6 Å². The number of thiophene rings is 1. The predicted molar refractivity (Wildman–Crippen MR) is 78.1 cm³/mol. The van der Waals surface area contributed by atoms with E-state index in [-0.39, 0.29) is 0 Å². The van der Waals surface area contributed by atoms with Crippen LogP contribution in [0.4, 0.5) is 0 Å². The predicted octanol–water partition coefficient (Wildman–Crippen LogP) is 3.77. The summed E-state index contributed by atoms with van der Waals surface area (Å²) in [6.45, 7) is 7.03. The van der Waals surface area contributed by atoms with Crippen LogP contribution in [0.2, 0.25) is 19.6 Å². The summed E-state index contributed by atoms with van der Waals surface area (Å²) >= 11 is 1.55. The Bertz CT molecular complexity index is 537. The number of hydrogen-bond donors (Lipinski definition) is 0. The summed E-state index contributed by atoms with van der Waals surface area (Å²) in [7, 11) is -1.26. The van der Waals surface area contributed by atoms with Crippen molar-refractivity contribution < 1.29 is 4.79 Å². The van der Waals surface area contributed by atoms with Gasteiger partial charge in [-0.05, 0) is 17.7 Å². The molecule has 0 unspecified atom stereocenters. The Kier molecular flexibility index (Phi) is 3.31. The molecule has 0 atom stereocenters. The first-order chi connectivity index (χ1) is 8.00. The molecule has 0 N–H and O–H groups in total. The number of aldehydes is 1. The molecule has 0 saturated heterocycles. The molecular formula is C14H16OSSi. The molecule has 0 amide bonds. The van der Waals surface area contributed by atoms with Crippen molar-refractivity contribution in [2.75, 3.05) is 0 Å². The van der Waals surface area contributed by atoms with Gasteiger partial charge < -0.3 is 0 Å². The van der Waals surface area contributed by atoms with E-state index in [1.54, 1.807) is 11.3 Å². The molecule has 0 aliphatic rings. The molecule has 0 spiro atoms. The molecule has 3 heteroatoms. The van der Waals surface area contributed by atoms with Gasteiger partial charge in [-0.25, -0.2) is 0 Å². The van der Waals surface area contributed by atoms with Crippen LogP contribution in [-0.2, 0) is 0 Å². The van der Waals surface area contributed by atoms with Gasteiger partial charge in [-0.3, -0.25) is 4.79 Å². The van der Waals surface area contributed by atoms with Crippen LogP contribution in [0.15, 0.2) is 36.4 Å².